The van der Waals surface area contributed by atoms with Crippen LogP contribution in [0.2, 0.25) is 31.0 Å². The second-order valence-corrected chi connectivity index (χ2v) is 24.3. The lowest BCUT2D eigenvalue weighted by molar-refractivity contribution is 0.0197. The van der Waals surface area contributed by atoms with Crippen molar-refractivity contribution >= 4 is 49.4 Å². The fourth-order valence-corrected chi connectivity index (χ4v) is 8.58. The predicted molar refractivity (Wildman–Crippen MR) is 208 cm³/mol. The van der Waals surface area contributed by atoms with Crippen LogP contribution in [0.4, 0.5) is 25.6 Å². The average molecular weight is 796 g/mol. The summed E-state index contributed by atoms with van der Waals surface area (Å²) in [7, 11) is -1.42. The first-order valence-electron chi connectivity index (χ1n) is 19.0. The lowest BCUT2D eigenvalue weighted by atomic mass is 9.85. The molecule has 3 amide bonds. The maximum absolute atomic E-state index is 17.3. The van der Waals surface area contributed by atoms with E-state index >= 15 is 4.39 Å². The minimum atomic E-state index is -1.42. The Morgan fingerprint density at radius 1 is 0.964 bits per heavy atom. The van der Waals surface area contributed by atoms with Gasteiger partial charge in [-0.25, -0.2) is 33.8 Å². The zero-order valence-electron chi connectivity index (χ0n) is 33.2. The number of nitrogens with zero attached hydrogens (tertiary/aromatic N) is 6. The van der Waals surface area contributed by atoms with Crippen LogP contribution in [0.5, 0.6) is 0 Å². The van der Waals surface area contributed by atoms with Gasteiger partial charge in [0.25, 0.3) is 5.91 Å². The quantitative estimate of drug-likeness (QED) is 0.142. The minimum Gasteiger partial charge on any atom is -0.444 e. The van der Waals surface area contributed by atoms with Gasteiger partial charge in [-0.3, -0.25) is 4.79 Å². The number of carbonyl (C=O) groups excluding carboxylic acids is 3. The molecule has 1 fully saturated rings. The molecule has 3 aromatic heterocycles. The SMILES string of the molecule is CC(C)(C)OC(=O)N1CCc2nc(Cl)nc(Nc3ncc4c(c3F)-c3c(c5c(n3COCC[Si](C)(C)C)C3(CC3)CN(C(=O)OC(C)(C)C)C5=O)CC4)c2C1. The zero-order valence-corrected chi connectivity index (χ0v) is 35.0. The fourth-order valence-electron chi connectivity index (χ4n) is 7.64. The van der Waals surface area contributed by atoms with Crippen molar-refractivity contribution in [2.75, 3.05) is 25.0 Å². The first kappa shape index (κ1) is 39.2. The summed E-state index contributed by atoms with van der Waals surface area (Å²) in [5.41, 5.74) is 2.76. The van der Waals surface area contributed by atoms with E-state index in [0.29, 0.717) is 71.6 Å². The highest BCUT2D eigenvalue weighted by Crippen LogP contribution is 2.56. The van der Waals surface area contributed by atoms with Gasteiger partial charge in [-0.2, -0.15) is 0 Å². The van der Waals surface area contributed by atoms with E-state index in [0.717, 1.165) is 24.6 Å². The number of halogens is 2. The largest absolute Gasteiger partial charge is 0.444 e. The molecule has 13 nitrogen and oxygen atoms in total. The molecule has 0 radical (unpaired) electrons. The maximum atomic E-state index is 17.3. The Labute approximate surface area is 327 Å². The zero-order chi connectivity index (χ0) is 39.8. The van der Waals surface area contributed by atoms with Crippen molar-refractivity contribution in [3.63, 3.8) is 0 Å². The number of fused-ring (bicyclic) bond motifs is 7. The number of anilines is 2. The molecule has 55 heavy (non-hydrogen) atoms. The van der Waals surface area contributed by atoms with Gasteiger partial charge < -0.3 is 29.0 Å². The smallest absolute Gasteiger partial charge is 0.417 e. The Morgan fingerprint density at radius 2 is 1.65 bits per heavy atom. The van der Waals surface area contributed by atoms with Crippen molar-refractivity contribution in [1.82, 2.24) is 29.3 Å². The number of carbonyl (C=O) groups is 3. The summed E-state index contributed by atoms with van der Waals surface area (Å²) in [4.78, 5) is 57.0. The Morgan fingerprint density at radius 3 is 2.31 bits per heavy atom. The molecular weight excluding hydrogens is 745 g/mol. The molecule has 2 aliphatic heterocycles. The van der Waals surface area contributed by atoms with Crippen molar-refractivity contribution in [2.45, 2.75) is 129 Å². The van der Waals surface area contributed by atoms with Gasteiger partial charge in [-0.1, -0.05) is 19.6 Å². The Kier molecular flexibility index (Phi) is 9.85. The molecule has 5 heterocycles. The van der Waals surface area contributed by atoms with E-state index in [1.165, 1.54) is 4.90 Å². The van der Waals surface area contributed by atoms with E-state index in [9.17, 15) is 14.4 Å². The first-order chi connectivity index (χ1) is 25.6. The standard InChI is InChI=1S/C39H51ClFN7O6Si/c1-37(2,3)53-35(50)46-15-12-25-24(19-46)31(45-34(40)43-25)44-32-28(41)26-22(18-42-32)10-11-23-27-30(48(29(23)26)21-52-16-17-55(7,8)9)39(13-14-39)20-47(33(27)49)36(51)54-38(4,5)6/h18H,10-17,19-21H2,1-9H3,(H,42,43,44,45). The number of rotatable bonds is 7. The van der Waals surface area contributed by atoms with Crippen LogP contribution in [-0.2, 0) is 52.2 Å². The molecule has 0 atom stereocenters. The van der Waals surface area contributed by atoms with Crippen LogP contribution >= 0.6 is 11.6 Å². The van der Waals surface area contributed by atoms with Crippen LogP contribution in [0.1, 0.15) is 92.8 Å². The second kappa shape index (κ2) is 13.8. The van der Waals surface area contributed by atoms with Gasteiger partial charge in [0.1, 0.15) is 23.8 Å². The van der Waals surface area contributed by atoms with Gasteiger partial charge in [-0.15, -0.1) is 0 Å². The van der Waals surface area contributed by atoms with Crippen molar-refractivity contribution in [3.05, 3.63) is 50.9 Å². The van der Waals surface area contributed by atoms with Crippen LogP contribution < -0.4 is 5.32 Å². The van der Waals surface area contributed by atoms with E-state index in [4.69, 9.17) is 25.8 Å². The number of hydrogen-bond donors (Lipinski definition) is 1. The summed E-state index contributed by atoms with van der Waals surface area (Å²) in [5.74, 6) is -0.922. The number of pyridine rings is 1. The summed E-state index contributed by atoms with van der Waals surface area (Å²) in [6.45, 7) is 18.9. The Hall–Kier alpha value is -4.08. The molecule has 16 heteroatoms. The van der Waals surface area contributed by atoms with Gasteiger partial charge in [0.2, 0.25) is 5.28 Å². The third-order valence-corrected chi connectivity index (χ3v) is 12.2. The molecular formula is C39H51ClFN7O6Si. The Bertz CT molecular complexity index is 2080. The molecule has 1 spiro atoms. The number of aryl methyl sites for hydroxylation is 1. The number of ether oxygens (including phenoxy) is 3. The van der Waals surface area contributed by atoms with E-state index in [1.807, 2.05) is 4.57 Å². The summed E-state index contributed by atoms with van der Waals surface area (Å²) in [6, 6.07) is 0.940. The van der Waals surface area contributed by atoms with Crippen LogP contribution in [0, 0.1) is 5.82 Å². The van der Waals surface area contributed by atoms with E-state index in [-0.39, 0.29) is 36.7 Å². The summed E-state index contributed by atoms with van der Waals surface area (Å²) in [6.07, 6.45) is 3.32. The summed E-state index contributed by atoms with van der Waals surface area (Å²) >= 11 is 6.37. The van der Waals surface area contributed by atoms with Gasteiger partial charge in [0.15, 0.2) is 11.6 Å². The number of nitrogens with one attached hydrogen (secondary N) is 1. The molecule has 3 aromatic rings. The van der Waals surface area contributed by atoms with E-state index < -0.39 is 48.6 Å². The summed E-state index contributed by atoms with van der Waals surface area (Å²) < 4.78 is 37.0. The van der Waals surface area contributed by atoms with Crippen molar-refractivity contribution in [1.29, 1.82) is 0 Å². The minimum absolute atomic E-state index is 0.0209. The van der Waals surface area contributed by atoms with Crippen molar-refractivity contribution in [2.24, 2.45) is 0 Å². The number of hydrogen-bond acceptors (Lipinski definition) is 10. The molecule has 0 unspecified atom stereocenters. The molecule has 2 aliphatic carbocycles. The lowest BCUT2D eigenvalue weighted by Crippen LogP contribution is -2.49. The van der Waals surface area contributed by atoms with Gasteiger partial charge in [0, 0.05) is 62.6 Å². The normalized spacial score (nSPS) is 17.3. The van der Waals surface area contributed by atoms with Crippen molar-refractivity contribution in [3.8, 4) is 11.3 Å². The highest BCUT2D eigenvalue weighted by molar-refractivity contribution is 6.76. The molecule has 4 aliphatic rings. The fraction of sp³-hybridized carbons (Fsp3) is 0.590. The first-order valence-corrected chi connectivity index (χ1v) is 23.1. The Balaban J connectivity index is 1.31. The second-order valence-electron chi connectivity index (χ2n) is 18.3. The van der Waals surface area contributed by atoms with Crippen LogP contribution in [0.25, 0.3) is 11.3 Å². The molecule has 7 rings (SSSR count). The third kappa shape index (κ3) is 7.84. The molecule has 0 saturated heterocycles. The number of imide groups is 1. The average Bonchev–Trinajstić information content (AvgIpc) is 3.75. The molecule has 0 bridgehead atoms. The predicted octanol–water partition coefficient (Wildman–Crippen LogP) is 8.00. The maximum Gasteiger partial charge on any atom is 0.417 e. The lowest BCUT2D eigenvalue weighted by Gasteiger charge is -2.34. The van der Waals surface area contributed by atoms with Crippen LogP contribution in [-0.4, -0.2) is 86.4 Å². The summed E-state index contributed by atoms with van der Waals surface area (Å²) in [5, 5.41) is 3.07. The third-order valence-electron chi connectivity index (χ3n) is 10.4. The number of aromatic nitrogens is 4. The molecule has 0 aromatic carbocycles. The topological polar surface area (TPSA) is 141 Å². The van der Waals surface area contributed by atoms with E-state index in [1.54, 1.807) is 52.6 Å². The molecule has 1 saturated carbocycles. The van der Waals surface area contributed by atoms with Gasteiger partial charge in [-0.05, 0) is 96.0 Å². The van der Waals surface area contributed by atoms with Crippen LogP contribution in [0.3, 0.4) is 0 Å². The van der Waals surface area contributed by atoms with E-state index in [2.05, 4.69) is 39.9 Å². The van der Waals surface area contributed by atoms with Gasteiger partial charge in [0.05, 0.1) is 23.5 Å². The highest BCUT2D eigenvalue weighted by Gasteiger charge is 2.57. The van der Waals surface area contributed by atoms with Gasteiger partial charge >= 0.3 is 12.2 Å². The van der Waals surface area contributed by atoms with Crippen LogP contribution in [0.15, 0.2) is 6.20 Å². The molecule has 1 N–H and O–H groups in total. The highest BCUT2D eigenvalue weighted by atomic mass is 35.5. The number of amides is 3. The molecule has 296 valence electrons. The van der Waals surface area contributed by atoms with Crippen molar-refractivity contribution < 1.29 is 33.0 Å². The monoisotopic (exact) mass is 795 g/mol.